The van der Waals surface area contributed by atoms with Crippen molar-refractivity contribution in [2.24, 2.45) is 5.92 Å². The number of nitrogens with one attached hydrogen (secondary N) is 1. The van der Waals surface area contributed by atoms with E-state index in [1.807, 2.05) is 0 Å². The summed E-state index contributed by atoms with van der Waals surface area (Å²) in [6.07, 6.45) is 1.11. The molecule has 1 aliphatic heterocycles. The summed E-state index contributed by atoms with van der Waals surface area (Å²) < 4.78 is 31.1. The highest BCUT2D eigenvalue weighted by atomic mass is 35.5. The van der Waals surface area contributed by atoms with Gasteiger partial charge in [0.05, 0.1) is 13.2 Å². The van der Waals surface area contributed by atoms with Crippen LogP contribution in [0.4, 0.5) is 8.78 Å². The van der Waals surface area contributed by atoms with Crippen molar-refractivity contribution in [1.82, 2.24) is 5.32 Å². The van der Waals surface area contributed by atoms with Crippen LogP contribution in [0, 0.1) is 17.6 Å². The molecule has 2 rings (SSSR count). The Labute approximate surface area is 106 Å². The molecule has 1 atom stereocenters. The summed E-state index contributed by atoms with van der Waals surface area (Å²) in [4.78, 5) is 0. The smallest absolute Gasteiger partial charge is 0.126 e. The number of benzene rings is 1. The van der Waals surface area contributed by atoms with Gasteiger partial charge in [0.2, 0.25) is 0 Å². The van der Waals surface area contributed by atoms with Crippen molar-refractivity contribution in [3.05, 3.63) is 35.4 Å². The van der Waals surface area contributed by atoms with Gasteiger partial charge in [0.1, 0.15) is 11.6 Å². The third-order valence-corrected chi connectivity index (χ3v) is 2.71. The van der Waals surface area contributed by atoms with Gasteiger partial charge in [-0.15, -0.1) is 12.4 Å². The Morgan fingerprint density at radius 3 is 2.53 bits per heavy atom. The first-order chi connectivity index (χ1) is 7.74. The van der Waals surface area contributed by atoms with E-state index in [1.165, 1.54) is 12.1 Å². The average molecular weight is 264 g/mol. The van der Waals surface area contributed by atoms with Gasteiger partial charge >= 0.3 is 0 Å². The Kier molecular flexibility index (Phi) is 5.82. The quantitative estimate of drug-likeness (QED) is 0.901. The van der Waals surface area contributed by atoms with Crippen LogP contribution < -0.4 is 5.32 Å². The van der Waals surface area contributed by atoms with Gasteiger partial charge in [-0.3, -0.25) is 0 Å². The Balaban J connectivity index is 0.00000144. The standard InChI is InChI=1S/C12H15F2NO.ClH/c13-11-3-10(4-12(14)5-11)8-16-7-9-1-2-15-6-9;/h3-5,9,15H,1-2,6-8H2;1H. The third kappa shape index (κ3) is 4.58. The number of ether oxygens (including phenoxy) is 1. The molecule has 0 radical (unpaired) electrons. The van der Waals surface area contributed by atoms with Gasteiger partial charge in [0.15, 0.2) is 0 Å². The van der Waals surface area contributed by atoms with Gasteiger partial charge in [-0.1, -0.05) is 0 Å². The highest BCUT2D eigenvalue weighted by Gasteiger charge is 2.14. The molecular formula is C12H16ClF2NO. The number of rotatable bonds is 4. The minimum Gasteiger partial charge on any atom is -0.376 e. The van der Waals surface area contributed by atoms with Crippen LogP contribution in [0.25, 0.3) is 0 Å². The second kappa shape index (κ2) is 6.89. The van der Waals surface area contributed by atoms with E-state index in [0.717, 1.165) is 25.6 Å². The number of hydrogen-bond donors (Lipinski definition) is 1. The van der Waals surface area contributed by atoms with Gasteiger partial charge in [0, 0.05) is 12.6 Å². The largest absolute Gasteiger partial charge is 0.376 e. The lowest BCUT2D eigenvalue weighted by Gasteiger charge is -2.09. The molecule has 0 aromatic heterocycles. The first kappa shape index (κ1) is 14.4. The minimum atomic E-state index is -0.555. The maximum absolute atomic E-state index is 12.9. The summed E-state index contributed by atoms with van der Waals surface area (Å²) in [5.41, 5.74) is 0.545. The molecule has 96 valence electrons. The molecule has 0 amide bonds. The van der Waals surface area contributed by atoms with E-state index in [9.17, 15) is 8.78 Å². The summed E-state index contributed by atoms with van der Waals surface area (Å²) in [6, 6.07) is 3.47. The van der Waals surface area contributed by atoms with Gasteiger partial charge in [-0.25, -0.2) is 8.78 Å². The minimum absolute atomic E-state index is 0. The Morgan fingerprint density at radius 1 is 1.24 bits per heavy atom. The zero-order chi connectivity index (χ0) is 11.4. The average Bonchev–Trinajstić information content (AvgIpc) is 2.69. The van der Waals surface area contributed by atoms with Crippen LogP contribution in [0.1, 0.15) is 12.0 Å². The lowest BCUT2D eigenvalue weighted by molar-refractivity contribution is 0.0921. The molecule has 17 heavy (non-hydrogen) atoms. The van der Waals surface area contributed by atoms with E-state index in [0.29, 0.717) is 18.1 Å². The van der Waals surface area contributed by atoms with E-state index < -0.39 is 11.6 Å². The Hall–Kier alpha value is -0.710. The summed E-state index contributed by atoms with van der Waals surface area (Å²) in [7, 11) is 0. The molecule has 1 N–H and O–H groups in total. The van der Waals surface area contributed by atoms with E-state index in [-0.39, 0.29) is 19.0 Å². The molecule has 5 heteroatoms. The highest BCUT2D eigenvalue weighted by molar-refractivity contribution is 5.85. The molecule has 1 aromatic carbocycles. The first-order valence-corrected chi connectivity index (χ1v) is 5.47. The molecule has 1 saturated heterocycles. The van der Waals surface area contributed by atoms with E-state index >= 15 is 0 Å². The molecule has 1 heterocycles. The van der Waals surface area contributed by atoms with Crippen molar-refractivity contribution < 1.29 is 13.5 Å². The zero-order valence-corrected chi connectivity index (χ0v) is 10.2. The molecular weight excluding hydrogens is 248 g/mol. The predicted molar refractivity (Wildman–Crippen MR) is 64.2 cm³/mol. The van der Waals surface area contributed by atoms with Crippen molar-refractivity contribution in [2.75, 3.05) is 19.7 Å². The molecule has 1 unspecified atom stereocenters. The number of halogens is 3. The maximum atomic E-state index is 12.9. The summed E-state index contributed by atoms with van der Waals surface area (Å²) in [6.45, 7) is 2.91. The van der Waals surface area contributed by atoms with Crippen molar-refractivity contribution >= 4 is 12.4 Å². The van der Waals surface area contributed by atoms with Crippen molar-refractivity contribution in [3.63, 3.8) is 0 Å². The second-order valence-corrected chi connectivity index (χ2v) is 4.15. The van der Waals surface area contributed by atoms with Crippen molar-refractivity contribution in [3.8, 4) is 0 Å². The van der Waals surface area contributed by atoms with E-state index in [2.05, 4.69) is 5.32 Å². The Bertz CT molecular complexity index is 336. The molecule has 0 bridgehead atoms. The van der Waals surface area contributed by atoms with Crippen LogP contribution in [0.3, 0.4) is 0 Å². The van der Waals surface area contributed by atoms with Gasteiger partial charge in [-0.05, 0) is 36.6 Å². The van der Waals surface area contributed by atoms with Gasteiger partial charge in [-0.2, -0.15) is 0 Å². The lowest BCUT2D eigenvalue weighted by Crippen LogP contribution is -2.13. The SMILES string of the molecule is Cl.Fc1cc(F)cc(COCC2CCNC2)c1. The molecule has 1 fully saturated rings. The summed E-state index contributed by atoms with van der Waals surface area (Å²) in [5, 5.41) is 3.24. The van der Waals surface area contributed by atoms with Crippen LogP contribution in [0.2, 0.25) is 0 Å². The molecule has 0 spiro atoms. The van der Waals surface area contributed by atoms with Gasteiger partial charge < -0.3 is 10.1 Å². The van der Waals surface area contributed by atoms with E-state index in [4.69, 9.17) is 4.74 Å². The monoisotopic (exact) mass is 263 g/mol. The van der Waals surface area contributed by atoms with Crippen molar-refractivity contribution in [2.45, 2.75) is 13.0 Å². The topological polar surface area (TPSA) is 21.3 Å². The van der Waals surface area contributed by atoms with Crippen LogP contribution in [-0.4, -0.2) is 19.7 Å². The fourth-order valence-corrected chi connectivity index (χ4v) is 1.89. The summed E-state index contributed by atoms with van der Waals surface area (Å²) >= 11 is 0. The van der Waals surface area contributed by atoms with Crippen LogP contribution >= 0.6 is 12.4 Å². The van der Waals surface area contributed by atoms with E-state index in [1.54, 1.807) is 0 Å². The van der Waals surface area contributed by atoms with Crippen molar-refractivity contribution in [1.29, 1.82) is 0 Å². The molecule has 2 nitrogen and oxygen atoms in total. The zero-order valence-electron chi connectivity index (χ0n) is 9.42. The molecule has 0 saturated carbocycles. The summed E-state index contributed by atoms with van der Waals surface area (Å²) in [5.74, 6) is -0.583. The predicted octanol–water partition coefficient (Wildman–Crippen LogP) is 2.51. The molecule has 1 aromatic rings. The second-order valence-electron chi connectivity index (χ2n) is 4.15. The van der Waals surface area contributed by atoms with Gasteiger partial charge in [0.25, 0.3) is 0 Å². The normalized spacial score (nSPS) is 19.1. The fraction of sp³-hybridized carbons (Fsp3) is 0.500. The fourth-order valence-electron chi connectivity index (χ4n) is 1.89. The first-order valence-electron chi connectivity index (χ1n) is 5.47. The maximum Gasteiger partial charge on any atom is 0.126 e. The molecule has 0 aliphatic carbocycles. The van der Waals surface area contributed by atoms with Crippen LogP contribution in [-0.2, 0) is 11.3 Å². The Morgan fingerprint density at radius 2 is 1.94 bits per heavy atom. The van der Waals surface area contributed by atoms with Crippen LogP contribution in [0.5, 0.6) is 0 Å². The lowest BCUT2D eigenvalue weighted by atomic mass is 10.1. The third-order valence-electron chi connectivity index (χ3n) is 2.71. The van der Waals surface area contributed by atoms with Crippen LogP contribution in [0.15, 0.2) is 18.2 Å². The number of hydrogen-bond acceptors (Lipinski definition) is 2. The highest BCUT2D eigenvalue weighted by Crippen LogP contribution is 2.12. The molecule has 1 aliphatic rings.